The molecule has 19 heteroatoms. The number of allylic oxidation sites excluding steroid dienone is 3. The smallest absolute Gasteiger partial charge is 0.398 e. The number of fused-ring (bicyclic) bond motifs is 2. The van der Waals surface area contributed by atoms with Crippen LogP contribution in [-0.2, 0) is 36.8 Å². The number of esters is 1. The van der Waals surface area contributed by atoms with Crippen molar-refractivity contribution in [3.63, 3.8) is 0 Å². The van der Waals surface area contributed by atoms with Crippen molar-refractivity contribution in [2.45, 2.75) is 58.9 Å². The maximum Gasteiger partial charge on any atom is 0.398 e. The number of benzene rings is 3. The molecule has 8 rings (SSSR count). The second-order valence-corrected chi connectivity index (χ2v) is 32.4. The van der Waals surface area contributed by atoms with Crippen LogP contribution in [0.5, 0.6) is 0 Å². The van der Waals surface area contributed by atoms with Crippen LogP contribution in [0.2, 0.25) is 10.0 Å². The van der Waals surface area contributed by atoms with Gasteiger partial charge in [0.15, 0.2) is 6.29 Å². The van der Waals surface area contributed by atoms with Crippen molar-refractivity contribution in [3.8, 4) is 0 Å². The van der Waals surface area contributed by atoms with E-state index < -0.39 is 52.1 Å². The summed E-state index contributed by atoms with van der Waals surface area (Å²) in [5, 5.41) is 3.04. The van der Waals surface area contributed by atoms with Gasteiger partial charge in [-0.15, -0.1) is 0 Å². The van der Waals surface area contributed by atoms with Gasteiger partial charge >= 0.3 is 13.3 Å². The Bertz CT molecular complexity index is 2300. The van der Waals surface area contributed by atoms with E-state index in [1.165, 1.54) is 30.3 Å². The Morgan fingerprint density at radius 3 is 2.05 bits per heavy atom. The van der Waals surface area contributed by atoms with E-state index >= 15 is 9.13 Å². The number of ether oxygens (including phenoxy) is 1. The molecule has 0 aliphatic carbocycles. The molecule has 58 heavy (non-hydrogen) atoms. The Balaban J connectivity index is 1.14. The Kier molecular flexibility index (Phi) is 12.3. The average Bonchev–Trinajstić information content (AvgIpc) is 3.17. The lowest BCUT2D eigenvalue weighted by Gasteiger charge is -2.53. The van der Waals surface area contributed by atoms with Crippen LogP contribution < -0.4 is 5.32 Å². The first-order valence-electron chi connectivity index (χ1n) is 18.6. The van der Waals surface area contributed by atoms with Gasteiger partial charge in [0.2, 0.25) is 8.15 Å². The molecular formula is C39H43Cl2F2N3O8P4. The van der Waals surface area contributed by atoms with Crippen LogP contribution in [0.15, 0.2) is 89.0 Å². The molecular weight excluding hydrogens is 871 g/mol. The van der Waals surface area contributed by atoms with Crippen LogP contribution in [0.3, 0.4) is 0 Å². The quantitative estimate of drug-likeness (QED) is 0.146. The van der Waals surface area contributed by atoms with Gasteiger partial charge in [0.1, 0.15) is 18.2 Å². The molecule has 3 aromatic rings. The summed E-state index contributed by atoms with van der Waals surface area (Å²) in [6.07, 6.45) is -1.26. The number of piperazine rings is 1. The summed E-state index contributed by atoms with van der Waals surface area (Å²) in [7, 11) is -5.54. The number of carbonyl (C=O) groups excluding carboxylic acids is 1. The molecule has 0 aromatic heterocycles. The van der Waals surface area contributed by atoms with E-state index in [0.29, 0.717) is 31.9 Å². The molecule has 4 saturated heterocycles. The van der Waals surface area contributed by atoms with Crippen molar-refractivity contribution in [1.82, 2.24) is 15.1 Å². The lowest BCUT2D eigenvalue weighted by molar-refractivity contribution is -0.151. The van der Waals surface area contributed by atoms with E-state index in [1.54, 1.807) is 64.1 Å². The first-order valence-corrected chi connectivity index (χ1v) is 27.5. The fraction of sp³-hybridized carbons (Fsp3) is 0.410. The van der Waals surface area contributed by atoms with Crippen molar-refractivity contribution >= 4 is 57.6 Å². The highest BCUT2D eigenvalue weighted by atomic mass is 35.5. The number of dihydropyridines is 1. The van der Waals surface area contributed by atoms with Crippen LogP contribution >= 0.6 is 51.7 Å². The zero-order valence-corrected chi connectivity index (χ0v) is 37.5. The Hall–Kier alpha value is -2.52. The highest BCUT2D eigenvalue weighted by molar-refractivity contribution is 8.78. The number of halogens is 4. The largest absolute Gasteiger partial charge is 0.461 e. The zero-order chi connectivity index (χ0) is 41.9. The first-order chi connectivity index (χ1) is 27.3. The van der Waals surface area contributed by atoms with Crippen molar-refractivity contribution < 1.29 is 45.6 Å². The maximum absolute atomic E-state index is 15.5. The Morgan fingerprint density at radius 1 is 0.948 bits per heavy atom. The number of rotatable bonds is 11. The summed E-state index contributed by atoms with van der Waals surface area (Å²) in [6.45, 7) is 1.39. The summed E-state index contributed by atoms with van der Waals surface area (Å²) in [5.74, 6) is -2.82. The van der Waals surface area contributed by atoms with Crippen LogP contribution in [0.25, 0.3) is 0 Å². The van der Waals surface area contributed by atoms with Gasteiger partial charge < -0.3 is 14.6 Å². The molecule has 0 spiro atoms. The third kappa shape index (κ3) is 7.57. The third-order valence-electron chi connectivity index (χ3n) is 11.3. The van der Waals surface area contributed by atoms with E-state index in [-0.39, 0.29) is 68.7 Å². The van der Waals surface area contributed by atoms with Gasteiger partial charge in [-0.1, -0.05) is 73.4 Å². The fourth-order valence-electron chi connectivity index (χ4n) is 8.29. The number of hydrogen-bond acceptors (Lipinski definition) is 11. The van der Waals surface area contributed by atoms with Crippen molar-refractivity contribution in [2.75, 3.05) is 38.9 Å². The van der Waals surface area contributed by atoms with Gasteiger partial charge in [-0.3, -0.25) is 32.5 Å². The van der Waals surface area contributed by atoms with E-state index in [9.17, 15) is 22.7 Å². The highest BCUT2D eigenvalue weighted by Gasteiger charge is 2.75. The molecule has 11 nitrogen and oxygen atoms in total. The summed E-state index contributed by atoms with van der Waals surface area (Å²) < 4.78 is 103. The molecule has 4 unspecified atom stereocenters. The molecule has 4 fully saturated rings. The molecule has 0 radical (unpaired) electrons. The maximum atomic E-state index is 15.5. The molecule has 0 saturated carbocycles. The van der Waals surface area contributed by atoms with E-state index in [0.717, 1.165) is 11.1 Å². The van der Waals surface area contributed by atoms with E-state index in [4.69, 9.17) is 37.0 Å². The minimum absolute atomic E-state index is 0.0181. The molecule has 310 valence electrons. The fourth-order valence-corrected chi connectivity index (χ4v) is 31.8. The Morgan fingerprint density at radius 2 is 1.50 bits per heavy atom. The van der Waals surface area contributed by atoms with Crippen molar-refractivity contribution in [3.05, 3.63) is 127 Å². The number of carbonyl (C=O) groups is 1. The van der Waals surface area contributed by atoms with Gasteiger partial charge in [0.05, 0.1) is 27.6 Å². The van der Waals surface area contributed by atoms with Gasteiger partial charge in [-0.2, -0.15) is 0 Å². The SMILES string of the molecule is CC1=C(C(=O)OCC(C)N2CCN(C(c3ccc(F)cc3)c3ccc(F)cc3)CC2)C(c2cccc(Cl)c2Cl)C(P(=O)(P=O)P2(=O)CC(C)(C)C3OP2(=O)O3)=C(C)N1. The van der Waals surface area contributed by atoms with Crippen molar-refractivity contribution in [1.29, 1.82) is 0 Å². The average molecular weight is 915 g/mol. The molecule has 5 aliphatic rings. The zero-order valence-electron chi connectivity index (χ0n) is 32.4. The van der Waals surface area contributed by atoms with Gasteiger partial charge in [-0.05, 0) is 67.8 Å². The molecule has 5 heterocycles. The monoisotopic (exact) mass is 913 g/mol. The summed E-state index contributed by atoms with van der Waals surface area (Å²) in [4.78, 5) is 18.8. The predicted octanol–water partition coefficient (Wildman–Crippen LogP) is 11.2. The molecule has 0 amide bonds. The highest BCUT2D eigenvalue weighted by Crippen LogP contribution is 3.11. The molecule has 2 bridgehead atoms. The number of nitrogens with zero attached hydrogens (tertiary/aromatic N) is 2. The second kappa shape index (κ2) is 16.4. The minimum Gasteiger partial charge on any atom is -0.461 e. The third-order valence-corrected chi connectivity index (χ3v) is 34.4. The lowest BCUT2D eigenvalue weighted by Crippen LogP contribution is -2.51. The number of nitrogens with one attached hydrogen (secondary N) is 1. The summed E-state index contributed by atoms with van der Waals surface area (Å²) in [6, 6.07) is 16.8. The van der Waals surface area contributed by atoms with Gasteiger partial charge in [-0.25, -0.2) is 13.6 Å². The van der Waals surface area contributed by atoms with Crippen molar-refractivity contribution in [2.24, 2.45) is 5.41 Å². The summed E-state index contributed by atoms with van der Waals surface area (Å²) >= 11 is 13.3. The molecule has 5 aliphatic heterocycles. The normalized spacial score (nSPS) is 27.8. The summed E-state index contributed by atoms with van der Waals surface area (Å²) in [5.41, 5.74) is 1.45. The van der Waals surface area contributed by atoms with Crippen LogP contribution in [0.4, 0.5) is 8.78 Å². The number of hydrogen-bond donors (Lipinski definition) is 1. The standard InChI is InChI=1S/C39H43Cl2F2N3O8P4/c1-23(45-17-19-46(20-18-45)35(26-9-13-28(42)14-10-26)27-11-15-29(43)16-12-27)21-52-37(47)32-24(2)44-25(3)36(33(32)30-7-6-8-31(40)34(30)41)57(50,55-48)56(49)22-39(4,5)38-53-58(56,51)54-38/h6-16,23,33,35,38,44H,17-22H2,1-5H3. The van der Waals surface area contributed by atoms with Crippen LogP contribution in [-0.4, -0.2) is 67.0 Å². The van der Waals surface area contributed by atoms with E-state index in [1.807, 2.05) is 6.92 Å². The topological polar surface area (TPSA) is 132 Å². The van der Waals surface area contributed by atoms with Crippen LogP contribution in [0.1, 0.15) is 63.3 Å². The lowest BCUT2D eigenvalue weighted by atomic mass is 9.86. The van der Waals surface area contributed by atoms with Gasteiger partial charge in [0.25, 0.3) is 13.0 Å². The Labute approximate surface area is 347 Å². The first kappa shape index (κ1) is 43.6. The molecule has 1 N–H and O–H groups in total. The predicted molar refractivity (Wildman–Crippen MR) is 221 cm³/mol. The van der Waals surface area contributed by atoms with Crippen LogP contribution in [0, 0.1) is 17.0 Å². The van der Waals surface area contributed by atoms with Gasteiger partial charge in [0, 0.05) is 60.5 Å². The molecule has 3 aromatic carbocycles. The minimum atomic E-state index is -4.78. The second-order valence-electron chi connectivity index (χ2n) is 15.7. The molecule has 4 atom stereocenters. The van der Waals surface area contributed by atoms with E-state index in [2.05, 4.69) is 15.1 Å².